The van der Waals surface area contributed by atoms with E-state index >= 15 is 0 Å². The van der Waals surface area contributed by atoms with Gasteiger partial charge in [0.05, 0.1) is 7.11 Å². The molecule has 1 aliphatic rings. The van der Waals surface area contributed by atoms with Gasteiger partial charge in [-0.05, 0) is 57.6 Å². The fourth-order valence-electron chi connectivity index (χ4n) is 2.87. The Bertz CT molecular complexity index is 369. The normalized spacial score (nSPS) is 21.4. The first-order valence-corrected chi connectivity index (χ1v) is 7.24. The van der Waals surface area contributed by atoms with E-state index in [-0.39, 0.29) is 0 Å². The molecule has 0 radical (unpaired) electrons. The summed E-state index contributed by atoms with van der Waals surface area (Å²) >= 11 is 0. The van der Waals surface area contributed by atoms with Gasteiger partial charge in [-0.25, -0.2) is 0 Å². The largest absolute Gasteiger partial charge is 0.497 e. The summed E-state index contributed by atoms with van der Waals surface area (Å²) < 4.78 is 5.23. The van der Waals surface area contributed by atoms with E-state index in [1.165, 1.54) is 37.8 Å². The standard InChI is InChI=1S/C16H26N2O/c1-18(2)16(12-14-6-4-5-11-17-14)13-7-9-15(19-3)10-8-13/h7-10,14,16-17H,4-6,11-12H2,1-3H3. The van der Waals surface area contributed by atoms with Crippen LogP contribution in [0.2, 0.25) is 0 Å². The molecule has 1 aromatic rings. The number of nitrogens with zero attached hydrogens (tertiary/aromatic N) is 1. The molecular weight excluding hydrogens is 236 g/mol. The van der Waals surface area contributed by atoms with Crippen molar-refractivity contribution in [1.82, 2.24) is 10.2 Å². The molecule has 19 heavy (non-hydrogen) atoms. The third-order valence-corrected chi connectivity index (χ3v) is 4.04. The number of ether oxygens (including phenoxy) is 1. The molecule has 0 aliphatic carbocycles. The monoisotopic (exact) mass is 262 g/mol. The van der Waals surface area contributed by atoms with E-state index in [1.54, 1.807) is 7.11 Å². The second-order valence-electron chi connectivity index (χ2n) is 5.64. The van der Waals surface area contributed by atoms with Crippen LogP contribution in [-0.2, 0) is 0 Å². The van der Waals surface area contributed by atoms with Crippen molar-refractivity contribution in [2.75, 3.05) is 27.7 Å². The van der Waals surface area contributed by atoms with Crippen molar-refractivity contribution in [3.8, 4) is 5.75 Å². The molecule has 3 heteroatoms. The highest BCUT2D eigenvalue weighted by Crippen LogP contribution is 2.27. The molecule has 2 atom stereocenters. The third-order valence-electron chi connectivity index (χ3n) is 4.04. The Morgan fingerprint density at radius 2 is 2.00 bits per heavy atom. The van der Waals surface area contributed by atoms with Crippen LogP contribution in [0.5, 0.6) is 5.75 Å². The molecule has 2 unspecified atom stereocenters. The highest BCUT2D eigenvalue weighted by Gasteiger charge is 2.21. The zero-order valence-corrected chi connectivity index (χ0v) is 12.4. The molecule has 2 rings (SSSR count). The van der Waals surface area contributed by atoms with E-state index in [1.807, 2.05) is 0 Å². The molecule has 1 heterocycles. The number of methoxy groups -OCH3 is 1. The van der Waals surface area contributed by atoms with Gasteiger partial charge < -0.3 is 15.0 Å². The van der Waals surface area contributed by atoms with Crippen LogP contribution in [0.25, 0.3) is 0 Å². The van der Waals surface area contributed by atoms with Gasteiger partial charge in [-0.2, -0.15) is 0 Å². The highest BCUT2D eigenvalue weighted by atomic mass is 16.5. The maximum atomic E-state index is 5.23. The lowest BCUT2D eigenvalue weighted by atomic mass is 9.93. The fourth-order valence-corrected chi connectivity index (χ4v) is 2.87. The van der Waals surface area contributed by atoms with Crippen LogP contribution in [0.4, 0.5) is 0 Å². The second kappa shape index (κ2) is 6.92. The van der Waals surface area contributed by atoms with Crippen LogP contribution in [0.1, 0.15) is 37.3 Å². The summed E-state index contributed by atoms with van der Waals surface area (Å²) in [5.41, 5.74) is 1.37. The number of benzene rings is 1. The van der Waals surface area contributed by atoms with E-state index in [9.17, 15) is 0 Å². The number of hydrogen-bond donors (Lipinski definition) is 1. The van der Waals surface area contributed by atoms with Gasteiger partial charge in [0.2, 0.25) is 0 Å². The first-order valence-electron chi connectivity index (χ1n) is 7.24. The lowest BCUT2D eigenvalue weighted by Crippen LogP contribution is -2.37. The summed E-state index contributed by atoms with van der Waals surface area (Å²) in [6.45, 7) is 1.17. The van der Waals surface area contributed by atoms with Crippen molar-refractivity contribution >= 4 is 0 Å². The first kappa shape index (κ1) is 14.4. The molecule has 1 saturated heterocycles. The molecular formula is C16H26N2O. The Kier molecular flexibility index (Phi) is 5.23. The van der Waals surface area contributed by atoms with Crippen molar-refractivity contribution in [3.63, 3.8) is 0 Å². The predicted octanol–water partition coefficient (Wildman–Crippen LogP) is 2.83. The maximum absolute atomic E-state index is 5.23. The topological polar surface area (TPSA) is 24.5 Å². The minimum atomic E-state index is 0.474. The number of piperidine rings is 1. The fraction of sp³-hybridized carbons (Fsp3) is 0.625. The number of nitrogens with one attached hydrogen (secondary N) is 1. The molecule has 106 valence electrons. The van der Waals surface area contributed by atoms with Gasteiger partial charge in [0.1, 0.15) is 5.75 Å². The SMILES string of the molecule is COc1ccc(C(CC2CCCCN2)N(C)C)cc1. The smallest absolute Gasteiger partial charge is 0.118 e. The third kappa shape index (κ3) is 3.95. The van der Waals surface area contributed by atoms with Crippen LogP contribution in [0.15, 0.2) is 24.3 Å². The summed E-state index contributed by atoms with van der Waals surface area (Å²) in [6.07, 6.45) is 5.17. The van der Waals surface area contributed by atoms with Crippen LogP contribution in [0.3, 0.4) is 0 Å². The van der Waals surface area contributed by atoms with Crippen molar-refractivity contribution in [3.05, 3.63) is 29.8 Å². The summed E-state index contributed by atoms with van der Waals surface area (Å²) in [4.78, 5) is 2.32. The Labute approximate surface area is 116 Å². The van der Waals surface area contributed by atoms with E-state index in [0.29, 0.717) is 12.1 Å². The Morgan fingerprint density at radius 3 is 2.53 bits per heavy atom. The Morgan fingerprint density at radius 1 is 1.26 bits per heavy atom. The van der Waals surface area contributed by atoms with Gasteiger partial charge in [0.25, 0.3) is 0 Å². The quantitative estimate of drug-likeness (QED) is 0.883. The van der Waals surface area contributed by atoms with Crippen LogP contribution >= 0.6 is 0 Å². The number of rotatable bonds is 5. The molecule has 0 amide bonds. The van der Waals surface area contributed by atoms with Crippen molar-refractivity contribution in [1.29, 1.82) is 0 Å². The molecule has 0 bridgehead atoms. The second-order valence-corrected chi connectivity index (χ2v) is 5.64. The summed E-state index contributed by atoms with van der Waals surface area (Å²) in [5, 5.41) is 3.65. The summed E-state index contributed by atoms with van der Waals surface area (Å²) in [5.74, 6) is 0.928. The van der Waals surface area contributed by atoms with Crippen molar-refractivity contribution in [2.24, 2.45) is 0 Å². The molecule has 1 fully saturated rings. The minimum absolute atomic E-state index is 0.474. The van der Waals surface area contributed by atoms with Crippen LogP contribution in [-0.4, -0.2) is 38.7 Å². The molecule has 0 spiro atoms. The van der Waals surface area contributed by atoms with Crippen LogP contribution < -0.4 is 10.1 Å². The summed E-state index contributed by atoms with van der Waals surface area (Å²) in [6, 6.07) is 9.61. The average molecular weight is 262 g/mol. The predicted molar refractivity (Wildman–Crippen MR) is 79.7 cm³/mol. The zero-order chi connectivity index (χ0) is 13.7. The Balaban J connectivity index is 2.05. The molecule has 0 aromatic heterocycles. The lowest BCUT2D eigenvalue weighted by Gasteiger charge is -2.31. The maximum Gasteiger partial charge on any atom is 0.118 e. The molecule has 1 aromatic carbocycles. The van der Waals surface area contributed by atoms with Gasteiger partial charge >= 0.3 is 0 Å². The van der Waals surface area contributed by atoms with Gasteiger partial charge in [0, 0.05) is 12.1 Å². The van der Waals surface area contributed by atoms with E-state index < -0.39 is 0 Å². The van der Waals surface area contributed by atoms with Crippen LogP contribution in [0, 0.1) is 0 Å². The molecule has 1 aliphatic heterocycles. The molecule has 0 saturated carbocycles. The molecule has 1 N–H and O–H groups in total. The summed E-state index contributed by atoms with van der Waals surface area (Å²) in [7, 11) is 6.04. The molecule has 3 nitrogen and oxygen atoms in total. The van der Waals surface area contributed by atoms with Gasteiger partial charge in [-0.1, -0.05) is 18.6 Å². The van der Waals surface area contributed by atoms with Crippen molar-refractivity contribution in [2.45, 2.75) is 37.8 Å². The van der Waals surface area contributed by atoms with E-state index in [0.717, 1.165) is 5.75 Å². The number of hydrogen-bond acceptors (Lipinski definition) is 3. The zero-order valence-electron chi connectivity index (χ0n) is 12.4. The average Bonchev–Trinajstić information content (AvgIpc) is 2.46. The first-order chi connectivity index (χ1) is 9.20. The van der Waals surface area contributed by atoms with E-state index in [4.69, 9.17) is 4.74 Å². The lowest BCUT2D eigenvalue weighted by molar-refractivity contribution is 0.240. The highest BCUT2D eigenvalue weighted by molar-refractivity contribution is 5.29. The van der Waals surface area contributed by atoms with Gasteiger partial charge in [-0.3, -0.25) is 0 Å². The van der Waals surface area contributed by atoms with Gasteiger partial charge in [0.15, 0.2) is 0 Å². The van der Waals surface area contributed by atoms with Gasteiger partial charge in [-0.15, -0.1) is 0 Å². The van der Waals surface area contributed by atoms with E-state index in [2.05, 4.69) is 48.6 Å². The van der Waals surface area contributed by atoms with Crippen molar-refractivity contribution < 1.29 is 4.74 Å². The Hall–Kier alpha value is -1.06. The minimum Gasteiger partial charge on any atom is -0.497 e.